The number of ether oxygens (including phenoxy) is 1. The zero-order valence-electron chi connectivity index (χ0n) is 15.0. The molecule has 3 heterocycles. The van der Waals surface area contributed by atoms with E-state index in [1.807, 2.05) is 0 Å². The fourth-order valence-electron chi connectivity index (χ4n) is 2.99. The molecule has 1 fully saturated rings. The van der Waals surface area contributed by atoms with Crippen LogP contribution >= 0.6 is 0 Å². The molecule has 0 amide bonds. The maximum Gasteiger partial charge on any atom is 0.244 e. The summed E-state index contributed by atoms with van der Waals surface area (Å²) in [6.07, 6.45) is -0.462. The Morgan fingerprint density at radius 1 is 1.39 bits per heavy atom. The maximum atomic E-state index is 10.7. The van der Waals surface area contributed by atoms with Gasteiger partial charge in [0.25, 0.3) is 0 Å². The number of aromatic nitrogens is 4. The number of carbonyl (C=O) groups excluding carboxylic acids is 1. The number of rotatable bonds is 7. The van der Waals surface area contributed by atoms with E-state index in [9.17, 15) is 25.2 Å². The molecule has 2 aromatic heterocycles. The van der Waals surface area contributed by atoms with E-state index in [0.29, 0.717) is 16.9 Å². The quantitative estimate of drug-likeness (QED) is 0.276. The third kappa shape index (κ3) is 3.76. The number of fused-ring (bicyclic) bond motifs is 1. The van der Waals surface area contributed by atoms with Crippen LogP contribution in [0.25, 0.3) is 11.2 Å². The lowest BCUT2D eigenvalue weighted by atomic mass is 10.1. The smallest absolute Gasteiger partial charge is 0.244 e. The van der Waals surface area contributed by atoms with Crippen molar-refractivity contribution in [2.24, 2.45) is 5.73 Å². The van der Waals surface area contributed by atoms with Crippen LogP contribution in [0.5, 0.6) is 0 Å². The molecule has 0 saturated carbocycles. The summed E-state index contributed by atoms with van der Waals surface area (Å²) in [5, 5.41) is 42.1. The molecule has 7 N–H and O–H groups in total. The van der Waals surface area contributed by atoms with Crippen LogP contribution in [-0.2, 0) is 20.4 Å². The summed E-state index contributed by atoms with van der Waals surface area (Å²) in [4.78, 5) is 22.7. The average Bonchev–Trinajstić information content (AvgIpc) is 3.21. The number of carboxylic acid groups (broad SMARTS) is 1. The minimum atomic E-state index is -1.37. The first-order chi connectivity index (χ1) is 13.2. The van der Waals surface area contributed by atoms with Gasteiger partial charge in [-0.2, -0.15) is 0 Å². The van der Waals surface area contributed by atoms with E-state index in [2.05, 4.69) is 15.0 Å². The number of aliphatic hydroxyl groups is 3. The largest absolute Gasteiger partial charge is 0.548 e. The van der Waals surface area contributed by atoms with E-state index in [4.69, 9.17) is 16.2 Å². The first kappa shape index (κ1) is 20.7. The zero-order valence-corrected chi connectivity index (χ0v) is 15.8. The number of nitrogens with two attached hydrogens (primary N) is 2. The average molecular weight is 414 g/mol. The SMILES string of the molecule is C[S+](CC[C@H](N)C(=O)[O-])C(O)[C@H]1O[C@@H](n2cnc3c(N)ncnc32)[C@H](O)[C@@H]1O. The Bertz CT molecular complexity index is 852. The predicted octanol–water partition coefficient (Wildman–Crippen LogP) is -3.94. The summed E-state index contributed by atoms with van der Waals surface area (Å²) >= 11 is 0. The summed E-state index contributed by atoms with van der Waals surface area (Å²) in [7, 11) is -0.752. The van der Waals surface area contributed by atoms with Gasteiger partial charge in [0.15, 0.2) is 23.8 Å². The molecule has 0 aliphatic carbocycles. The molecule has 3 rings (SSSR count). The van der Waals surface area contributed by atoms with E-state index in [-0.39, 0.29) is 12.2 Å². The second-order valence-corrected chi connectivity index (χ2v) is 8.83. The van der Waals surface area contributed by atoms with Gasteiger partial charge in [-0.3, -0.25) is 4.57 Å². The first-order valence-electron chi connectivity index (χ1n) is 8.42. The number of nitrogens with zero attached hydrogens (tertiary/aromatic N) is 4. The molecular weight excluding hydrogens is 392 g/mol. The molecular formula is C15H22N6O6S. The molecule has 0 aromatic carbocycles. The highest BCUT2D eigenvalue weighted by Gasteiger charge is 2.51. The van der Waals surface area contributed by atoms with Crippen molar-refractivity contribution < 1.29 is 30.0 Å². The summed E-state index contributed by atoms with van der Waals surface area (Å²) in [6, 6.07) is -1.14. The van der Waals surface area contributed by atoms with Crippen LogP contribution in [0.2, 0.25) is 0 Å². The number of hydrogen-bond acceptors (Lipinski definition) is 11. The van der Waals surface area contributed by atoms with E-state index < -0.39 is 52.9 Å². The van der Waals surface area contributed by atoms with E-state index in [1.54, 1.807) is 6.26 Å². The molecule has 1 saturated heterocycles. The van der Waals surface area contributed by atoms with Crippen LogP contribution in [0.15, 0.2) is 12.7 Å². The van der Waals surface area contributed by atoms with Crippen molar-refractivity contribution in [1.29, 1.82) is 0 Å². The Balaban J connectivity index is 1.74. The van der Waals surface area contributed by atoms with Crippen LogP contribution in [-0.4, -0.2) is 82.6 Å². The van der Waals surface area contributed by atoms with Crippen molar-refractivity contribution in [1.82, 2.24) is 19.5 Å². The number of hydrogen-bond donors (Lipinski definition) is 5. The molecule has 154 valence electrons. The normalized spacial score (nSPS) is 28.3. The number of imidazole rings is 1. The number of anilines is 1. The molecule has 28 heavy (non-hydrogen) atoms. The van der Waals surface area contributed by atoms with Gasteiger partial charge < -0.3 is 41.4 Å². The standard InChI is InChI=1S/C15H22N6O6S/c1-28(3-2-6(16)14(24)25)15(26)10-8(22)9(23)13(27-10)21-5-20-7-11(17)18-4-19-12(7)21/h4-6,8-10,13,15,22-23,26H,2-3,16H2,1H3,(H2-,17,18,19,24,25)/t6-,8-,9+,10-,13+,15?,28?/m0/s1. The van der Waals surface area contributed by atoms with Crippen LogP contribution in [0.4, 0.5) is 5.82 Å². The molecule has 2 aromatic rings. The number of nitrogen functional groups attached to an aromatic ring is 1. The minimum absolute atomic E-state index is 0.107. The fourth-order valence-corrected chi connectivity index (χ4v) is 4.54. The van der Waals surface area contributed by atoms with Gasteiger partial charge in [0.05, 0.1) is 12.3 Å². The number of aliphatic carboxylic acids is 1. The molecule has 12 nitrogen and oxygen atoms in total. The fraction of sp³-hybridized carbons (Fsp3) is 0.600. The highest BCUT2D eigenvalue weighted by atomic mass is 32.2. The lowest BCUT2D eigenvalue weighted by Gasteiger charge is -2.21. The summed E-state index contributed by atoms with van der Waals surface area (Å²) in [5.74, 6) is -0.915. The molecule has 1 aliphatic rings. The third-order valence-corrected chi connectivity index (χ3v) is 6.66. The van der Waals surface area contributed by atoms with Crippen molar-refractivity contribution in [2.45, 2.75) is 42.4 Å². The minimum Gasteiger partial charge on any atom is -0.548 e. The summed E-state index contributed by atoms with van der Waals surface area (Å²) in [5.41, 5.74) is 10.7. The van der Waals surface area contributed by atoms with Gasteiger partial charge in [-0.25, -0.2) is 15.0 Å². The summed E-state index contributed by atoms with van der Waals surface area (Å²) in [6.45, 7) is 0. The number of carboxylic acids is 1. The molecule has 0 spiro atoms. The van der Waals surface area contributed by atoms with Crippen LogP contribution in [0.1, 0.15) is 12.6 Å². The van der Waals surface area contributed by atoms with Gasteiger partial charge in [-0.15, -0.1) is 0 Å². The van der Waals surface area contributed by atoms with Crippen molar-refractivity contribution in [3.05, 3.63) is 12.7 Å². The molecule has 2 unspecified atom stereocenters. The van der Waals surface area contributed by atoms with Crippen molar-refractivity contribution in [3.8, 4) is 0 Å². The molecule has 7 atom stereocenters. The van der Waals surface area contributed by atoms with Gasteiger partial charge in [0, 0.05) is 23.4 Å². The first-order valence-corrected chi connectivity index (χ1v) is 10.3. The Morgan fingerprint density at radius 2 is 2.11 bits per heavy atom. The van der Waals surface area contributed by atoms with E-state index in [0.717, 1.165) is 0 Å². The Morgan fingerprint density at radius 3 is 2.79 bits per heavy atom. The van der Waals surface area contributed by atoms with Crippen molar-refractivity contribution in [3.63, 3.8) is 0 Å². The van der Waals surface area contributed by atoms with Crippen LogP contribution in [0, 0.1) is 0 Å². The highest BCUT2D eigenvalue weighted by Crippen LogP contribution is 2.34. The van der Waals surface area contributed by atoms with E-state index >= 15 is 0 Å². The van der Waals surface area contributed by atoms with Gasteiger partial charge >= 0.3 is 0 Å². The predicted molar refractivity (Wildman–Crippen MR) is 97.4 cm³/mol. The van der Waals surface area contributed by atoms with Crippen molar-refractivity contribution in [2.75, 3.05) is 17.7 Å². The topological polar surface area (TPSA) is 206 Å². The van der Waals surface area contributed by atoms with Gasteiger partial charge in [-0.1, -0.05) is 0 Å². The Labute approximate surface area is 162 Å². The Hall–Kier alpha value is -2.03. The number of aliphatic hydroxyl groups excluding tert-OH is 3. The maximum absolute atomic E-state index is 10.7. The molecule has 13 heteroatoms. The third-order valence-electron chi connectivity index (χ3n) is 4.68. The Kier molecular flexibility index (Phi) is 6.02. The highest BCUT2D eigenvalue weighted by molar-refractivity contribution is 7.96. The number of carbonyl (C=O) groups is 1. The summed E-state index contributed by atoms with van der Waals surface area (Å²) < 4.78 is 7.14. The van der Waals surface area contributed by atoms with Crippen LogP contribution < -0.4 is 16.6 Å². The second-order valence-electron chi connectivity index (χ2n) is 6.56. The van der Waals surface area contributed by atoms with Crippen LogP contribution in [0.3, 0.4) is 0 Å². The molecule has 0 bridgehead atoms. The lowest BCUT2D eigenvalue weighted by molar-refractivity contribution is -0.307. The zero-order chi connectivity index (χ0) is 20.6. The second kappa shape index (κ2) is 8.14. The van der Waals surface area contributed by atoms with E-state index in [1.165, 1.54) is 17.2 Å². The van der Waals surface area contributed by atoms with Gasteiger partial charge in [0.2, 0.25) is 5.44 Å². The molecule has 0 radical (unpaired) electrons. The van der Waals surface area contributed by atoms with Crippen molar-refractivity contribution >= 4 is 33.8 Å². The molecule has 1 aliphatic heterocycles. The lowest BCUT2D eigenvalue weighted by Crippen LogP contribution is -2.46. The van der Waals surface area contributed by atoms with Gasteiger partial charge in [0.1, 0.15) is 36.1 Å². The monoisotopic (exact) mass is 414 g/mol. The van der Waals surface area contributed by atoms with Gasteiger partial charge in [-0.05, 0) is 0 Å².